The van der Waals surface area contributed by atoms with Crippen LogP contribution in [0, 0.1) is 0 Å². The van der Waals surface area contributed by atoms with Crippen LogP contribution >= 0.6 is 0 Å². The van der Waals surface area contributed by atoms with Crippen molar-refractivity contribution in [1.82, 2.24) is 4.31 Å². The van der Waals surface area contributed by atoms with E-state index < -0.39 is 15.9 Å². The van der Waals surface area contributed by atoms with Crippen LogP contribution < -0.4 is 11.5 Å². The van der Waals surface area contributed by atoms with Gasteiger partial charge in [-0.1, -0.05) is 12.5 Å². The Kier molecular flexibility index (Phi) is 4.65. The number of nitrogens with two attached hydrogens (primary N) is 2. The Morgan fingerprint density at radius 2 is 2.10 bits per heavy atom. The van der Waals surface area contributed by atoms with E-state index in [9.17, 15) is 13.2 Å². The van der Waals surface area contributed by atoms with Gasteiger partial charge in [-0.3, -0.25) is 4.79 Å². The Morgan fingerprint density at radius 1 is 1.38 bits per heavy atom. The van der Waals surface area contributed by atoms with Gasteiger partial charge in [0.1, 0.15) is 0 Å². The van der Waals surface area contributed by atoms with Gasteiger partial charge in [0, 0.05) is 24.2 Å². The van der Waals surface area contributed by atoms with Gasteiger partial charge in [-0.05, 0) is 38.0 Å². The molecule has 116 valence electrons. The average Bonchev–Trinajstić information content (AvgIpc) is 2.47. The minimum Gasteiger partial charge on any atom is -0.366 e. The second kappa shape index (κ2) is 6.13. The van der Waals surface area contributed by atoms with Gasteiger partial charge in [0.2, 0.25) is 15.9 Å². The number of carbonyl (C=O) groups is 1. The van der Waals surface area contributed by atoms with Crippen molar-refractivity contribution in [2.75, 3.05) is 6.54 Å². The van der Waals surface area contributed by atoms with Crippen LogP contribution in [0.3, 0.4) is 0 Å². The van der Waals surface area contributed by atoms with E-state index in [0.717, 1.165) is 19.3 Å². The molecule has 1 aromatic carbocycles. The molecule has 0 spiro atoms. The highest BCUT2D eigenvalue weighted by molar-refractivity contribution is 7.89. The predicted octanol–water partition coefficient (Wildman–Crippen LogP) is 0.676. The second-order valence-corrected chi connectivity index (χ2v) is 7.32. The van der Waals surface area contributed by atoms with E-state index in [1.165, 1.54) is 28.6 Å². The van der Waals surface area contributed by atoms with Crippen molar-refractivity contribution < 1.29 is 13.2 Å². The van der Waals surface area contributed by atoms with Gasteiger partial charge < -0.3 is 11.5 Å². The molecule has 0 aliphatic carbocycles. The van der Waals surface area contributed by atoms with Crippen LogP contribution in [0.2, 0.25) is 0 Å². The molecular weight excluding hydrogens is 290 g/mol. The highest BCUT2D eigenvalue weighted by Crippen LogP contribution is 2.27. The van der Waals surface area contributed by atoms with Crippen LogP contribution in [-0.2, 0) is 10.0 Å². The molecule has 6 nitrogen and oxygen atoms in total. The molecule has 1 aliphatic heterocycles. The fraction of sp³-hybridized carbons (Fsp3) is 0.500. The zero-order valence-corrected chi connectivity index (χ0v) is 12.8. The van der Waals surface area contributed by atoms with Gasteiger partial charge in [0.05, 0.1) is 4.90 Å². The molecular formula is C14H21N3O3S. The maximum absolute atomic E-state index is 12.8. The van der Waals surface area contributed by atoms with E-state index in [-0.39, 0.29) is 22.5 Å². The van der Waals surface area contributed by atoms with E-state index in [4.69, 9.17) is 11.5 Å². The van der Waals surface area contributed by atoms with Gasteiger partial charge >= 0.3 is 0 Å². The Morgan fingerprint density at radius 3 is 2.71 bits per heavy atom. The number of primary amides is 1. The maximum atomic E-state index is 12.8. The van der Waals surface area contributed by atoms with E-state index in [2.05, 4.69) is 0 Å². The Hall–Kier alpha value is -1.44. The summed E-state index contributed by atoms with van der Waals surface area (Å²) in [5.41, 5.74) is 11.3. The van der Waals surface area contributed by atoms with Crippen molar-refractivity contribution in [3.8, 4) is 0 Å². The molecule has 2 rings (SSSR count). The third kappa shape index (κ3) is 3.25. The van der Waals surface area contributed by atoms with Crippen LogP contribution in [0.1, 0.15) is 36.5 Å². The first-order chi connectivity index (χ1) is 9.84. The number of benzene rings is 1. The summed E-state index contributed by atoms with van der Waals surface area (Å²) < 4.78 is 27.0. The normalized spacial score (nSPS) is 21.9. The molecule has 1 aromatic rings. The van der Waals surface area contributed by atoms with Gasteiger partial charge in [-0.2, -0.15) is 4.31 Å². The smallest absolute Gasteiger partial charge is 0.248 e. The number of sulfonamides is 1. The number of amides is 1. The first-order valence-corrected chi connectivity index (χ1v) is 8.45. The summed E-state index contributed by atoms with van der Waals surface area (Å²) in [5.74, 6) is -0.644. The van der Waals surface area contributed by atoms with Crippen LogP contribution in [-0.4, -0.2) is 37.3 Å². The molecule has 1 heterocycles. The Balaban J connectivity index is 2.40. The number of piperidine rings is 1. The summed E-state index contributed by atoms with van der Waals surface area (Å²) in [7, 11) is -3.67. The lowest BCUT2D eigenvalue weighted by atomic mass is 10.00. The Labute approximate surface area is 125 Å². The van der Waals surface area contributed by atoms with Crippen LogP contribution in [0.25, 0.3) is 0 Å². The highest BCUT2D eigenvalue weighted by atomic mass is 32.2. The third-order valence-electron chi connectivity index (χ3n) is 3.83. The molecule has 1 aliphatic rings. The highest BCUT2D eigenvalue weighted by Gasteiger charge is 2.35. The number of rotatable bonds is 4. The van der Waals surface area contributed by atoms with Crippen LogP contribution in [0.5, 0.6) is 0 Å². The lowest BCUT2D eigenvalue weighted by molar-refractivity contribution is 0.1000. The monoisotopic (exact) mass is 311 g/mol. The number of hydrogen-bond donors (Lipinski definition) is 2. The van der Waals surface area contributed by atoms with E-state index in [0.29, 0.717) is 6.54 Å². The predicted molar refractivity (Wildman–Crippen MR) is 80.1 cm³/mol. The van der Waals surface area contributed by atoms with Crippen LogP contribution in [0.15, 0.2) is 29.2 Å². The van der Waals surface area contributed by atoms with E-state index in [1.54, 1.807) is 0 Å². The molecule has 21 heavy (non-hydrogen) atoms. The largest absolute Gasteiger partial charge is 0.366 e. The minimum atomic E-state index is -3.67. The maximum Gasteiger partial charge on any atom is 0.248 e. The molecule has 0 unspecified atom stereocenters. The van der Waals surface area contributed by atoms with Crippen molar-refractivity contribution in [2.45, 2.75) is 43.2 Å². The molecule has 1 fully saturated rings. The minimum absolute atomic E-state index is 0.0892. The Bertz CT molecular complexity index is 628. The van der Waals surface area contributed by atoms with Gasteiger partial charge in [0.25, 0.3) is 0 Å². The summed E-state index contributed by atoms with van der Waals surface area (Å²) in [4.78, 5) is 11.3. The van der Waals surface area contributed by atoms with Gasteiger partial charge in [-0.15, -0.1) is 0 Å². The standard InChI is InChI=1S/C14H21N3O3S/c1-10(15)13-7-2-3-8-17(13)21(19,20)12-6-4-5-11(9-12)14(16)18/h4-6,9-10,13H,2-3,7-8,15H2,1H3,(H2,16,18)/t10-,13+/m0/s1. The molecule has 1 amide bonds. The lowest BCUT2D eigenvalue weighted by Crippen LogP contribution is -2.51. The molecule has 4 N–H and O–H groups in total. The second-order valence-electron chi connectivity index (χ2n) is 5.43. The van der Waals surface area contributed by atoms with Crippen molar-refractivity contribution >= 4 is 15.9 Å². The zero-order chi connectivity index (χ0) is 15.6. The van der Waals surface area contributed by atoms with Crippen molar-refractivity contribution in [3.05, 3.63) is 29.8 Å². The van der Waals surface area contributed by atoms with E-state index in [1.807, 2.05) is 6.92 Å². The molecule has 2 atom stereocenters. The summed E-state index contributed by atoms with van der Waals surface area (Å²) in [6.45, 7) is 2.27. The summed E-state index contributed by atoms with van der Waals surface area (Å²) in [6.07, 6.45) is 2.55. The van der Waals surface area contributed by atoms with E-state index >= 15 is 0 Å². The number of carbonyl (C=O) groups excluding carboxylic acids is 1. The third-order valence-corrected chi connectivity index (χ3v) is 5.75. The zero-order valence-electron chi connectivity index (χ0n) is 12.0. The summed E-state index contributed by atoms with van der Waals surface area (Å²) >= 11 is 0. The molecule has 0 radical (unpaired) electrons. The summed E-state index contributed by atoms with van der Waals surface area (Å²) in [5, 5.41) is 0. The molecule has 1 saturated heterocycles. The van der Waals surface area contributed by atoms with Crippen molar-refractivity contribution in [1.29, 1.82) is 0 Å². The summed E-state index contributed by atoms with van der Waals surface area (Å²) in [6, 6.07) is 5.39. The first-order valence-electron chi connectivity index (χ1n) is 7.01. The average molecular weight is 311 g/mol. The SMILES string of the molecule is C[C@H](N)[C@H]1CCCCN1S(=O)(=O)c1cccc(C(N)=O)c1. The lowest BCUT2D eigenvalue weighted by Gasteiger charge is -2.36. The molecule has 7 heteroatoms. The van der Waals surface area contributed by atoms with Crippen molar-refractivity contribution in [3.63, 3.8) is 0 Å². The van der Waals surface area contributed by atoms with Crippen LogP contribution in [0.4, 0.5) is 0 Å². The topological polar surface area (TPSA) is 106 Å². The van der Waals surface area contributed by atoms with Gasteiger partial charge in [-0.25, -0.2) is 8.42 Å². The molecule has 0 aromatic heterocycles. The first kappa shape index (κ1) is 15.9. The number of nitrogens with zero attached hydrogens (tertiary/aromatic N) is 1. The quantitative estimate of drug-likeness (QED) is 0.852. The number of hydrogen-bond acceptors (Lipinski definition) is 4. The fourth-order valence-electron chi connectivity index (χ4n) is 2.70. The van der Waals surface area contributed by atoms with Gasteiger partial charge in [0.15, 0.2) is 0 Å². The molecule has 0 saturated carbocycles. The molecule has 0 bridgehead atoms. The fourth-order valence-corrected chi connectivity index (χ4v) is 4.52. The van der Waals surface area contributed by atoms with Crippen molar-refractivity contribution in [2.24, 2.45) is 11.5 Å².